The summed E-state index contributed by atoms with van der Waals surface area (Å²) in [5, 5.41) is 36.8. The van der Waals surface area contributed by atoms with Gasteiger partial charge in [0.25, 0.3) is 0 Å². The molecule has 36 heavy (non-hydrogen) atoms. The molecule has 0 fully saturated rings. The summed E-state index contributed by atoms with van der Waals surface area (Å²) in [5.41, 5.74) is 7.10. The fourth-order valence-corrected chi connectivity index (χ4v) is 3.65. The number of nitrogens with two attached hydrogens (primary N) is 1. The van der Waals surface area contributed by atoms with Crippen LogP contribution in [-0.4, -0.2) is 80.9 Å². The Kier molecular flexibility index (Phi) is 10.4. The van der Waals surface area contributed by atoms with Gasteiger partial charge in [0.1, 0.15) is 24.2 Å². The number of benzene rings is 1. The Balaban J connectivity index is 2.13. The molecule has 198 valence electrons. The topological polar surface area (TPSA) is 207 Å². The van der Waals surface area contributed by atoms with Crippen molar-refractivity contribution >= 4 is 34.6 Å². The van der Waals surface area contributed by atoms with Gasteiger partial charge in [-0.1, -0.05) is 32.0 Å². The molecule has 0 saturated heterocycles. The van der Waals surface area contributed by atoms with Crippen LogP contribution in [0.3, 0.4) is 0 Å². The van der Waals surface area contributed by atoms with E-state index in [9.17, 15) is 34.5 Å². The lowest BCUT2D eigenvalue weighted by Crippen LogP contribution is -2.59. The van der Waals surface area contributed by atoms with Crippen LogP contribution in [0, 0.1) is 5.92 Å². The van der Waals surface area contributed by atoms with Crippen molar-refractivity contribution in [3.8, 4) is 0 Å². The number of carbonyl (C=O) groups excluding carboxylic acids is 3. The van der Waals surface area contributed by atoms with E-state index in [1.807, 2.05) is 38.1 Å². The Labute approximate surface area is 208 Å². The van der Waals surface area contributed by atoms with Gasteiger partial charge in [0, 0.05) is 23.5 Å². The van der Waals surface area contributed by atoms with Crippen LogP contribution in [0.4, 0.5) is 0 Å². The van der Waals surface area contributed by atoms with Crippen molar-refractivity contribution in [1.82, 2.24) is 20.9 Å². The zero-order chi connectivity index (χ0) is 27.0. The predicted octanol–water partition coefficient (Wildman–Crippen LogP) is -1.00. The standard InChI is InChI=1S/C24H35N5O7/c1-12(2)8-17(27-22(33)19(11-30)29-23(34)20(25)13(3)31)21(32)28-18(24(35)36)9-14-10-26-16-7-5-4-6-15(14)16/h4-7,10,12-13,17-20,26,30-31H,8-9,11,25H2,1-3H3,(H,27,33)(H,28,32)(H,29,34)(H,35,36). The van der Waals surface area contributed by atoms with Crippen LogP contribution in [0.5, 0.6) is 0 Å². The maximum absolute atomic E-state index is 13.1. The highest BCUT2D eigenvalue weighted by molar-refractivity contribution is 5.94. The van der Waals surface area contributed by atoms with Crippen molar-refractivity contribution in [2.45, 2.75) is 63.9 Å². The first-order chi connectivity index (χ1) is 16.9. The van der Waals surface area contributed by atoms with Crippen molar-refractivity contribution in [1.29, 1.82) is 0 Å². The number of aliphatic hydroxyl groups is 2. The molecule has 5 atom stereocenters. The molecular weight excluding hydrogens is 470 g/mol. The maximum Gasteiger partial charge on any atom is 0.326 e. The molecule has 0 spiro atoms. The van der Waals surface area contributed by atoms with Crippen molar-refractivity contribution in [2.75, 3.05) is 6.61 Å². The van der Waals surface area contributed by atoms with Crippen LogP contribution in [0.25, 0.3) is 10.9 Å². The minimum Gasteiger partial charge on any atom is -0.480 e. The van der Waals surface area contributed by atoms with E-state index < -0.39 is 60.6 Å². The third-order valence-corrected chi connectivity index (χ3v) is 5.69. The number of hydrogen-bond donors (Lipinski definition) is 8. The molecule has 0 aliphatic carbocycles. The van der Waals surface area contributed by atoms with Gasteiger partial charge in [-0.2, -0.15) is 0 Å². The number of fused-ring (bicyclic) bond motifs is 1. The first kappa shape index (κ1) is 28.8. The average Bonchev–Trinajstić information content (AvgIpc) is 3.23. The molecule has 3 amide bonds. The average molecular weight is 506 g/mol. The first-order valence-electron chi connectivity index (χ1n) is 11.7. The number of aliphatic carboxylic acids is 1. The quantitative estimate of drug-likeness (QED) is 0.169. The highest BCUT2D eigenvalue weighted by Crippen LogP contribution is 2.19. The van der Waals surface area contributed by atoms with Gasteiger partial charge in [0.15, 0.2) is 0 Å². The van der Waals surface area contributed by atoms with E-state index in [4.69, 9.17) is 5.73 Å². The number of H-pyrrole nitrogens is 1. The summed E-state index contributed by atoms with van der Waals surface area (Å²) in [6.45, 7) is 4.16. The normalized spacial score (nSPS) is 15.5. The highest BCUT2D eigenvalue weighted by Gasteiger charge is 2.31. The number of aromatic amines is 1. The molecule has 1 aromatic heterocycles. The molecule has 0 aliphatic heterocycles. The maximum atomic E-state index is 13.1. The fraction of sp³-hybridized carbons (Fsp3) is 0.500. The van der Waals surface area contributed by atoms with E-state index in [0.29, 0.717) is 5.56 Å². The van der Waals surface area contributed by atoms with Crippen LogP contribution in [-0.2, 0) is 25.6 Å². The molecule has 2 aromatic rings. The lowest BCUT2D eigenvalue weighted by atomic mass is 10.0. The van der Waals surface area contributed by atoms with Gasteiger partial charge in [-0.25, -0.2) is 4.79 Å². The summed E-state index contributed by atoms with van der Waals surface area (Å²) in [4.78, 5) is 52.9. The number of nitrogens with one attached hydrogen (secondary N) is 4. The van der Waals surface area contributed by atoms with Gasteiger partial charge in [-0.15, -0.1) is 0 Å². The van der Waals surface area contributed by atoms with Crippen molar-refractivity contribution in [3.05, 3.63) is 36.0 Å². The van der Waals surface area contributed by atoms with Crippen LogP contribution in [0.15, 0.2) is 30.5 Å². The Morgan fingerprint density at radius 3 is 2.11 bits per heavy atom. The monoisotopic (exact) mass is 505 g/mol. The first-order valence-corrected chi connectivity index (χ1v) is 11.7. The molecule has 0 radical (unpaired) electrons. The van der Waals surface area contributed by atoms with E-state index >= 15 is 0 Å². The van der Waals surface area contributed by atoms with Gasteiger partial charge in [0.05, 0.1) is 12.7 Å². The van der Waals surface area contributed by atoms with E-state index in [1.165, 1.54) is 6.92 Å². The van der Waals surface area contributed by atoms with E-state index in [-0.39, 0.29) is 18.8 Å². The van der Waals surface area contributed by atoms with Gasteiger partial charge in [-0.05, 0) is 30.9 Å². The number of carboxylic acids is 1. The predicted molar refractivity (Wildman–Crippen MR) is 132 cm³/mol. The van der Waals surface area contributed by atoms with Crippen molar-refractivity contribution in [3.63, 3.8) is 0 Å². The molecule has 9 N–H and O–H groups in total. The van der Waals surface area contributed by atoms with E-state index in [1.54, 1.807) is 6.20 Å². The third-order valence-electron chi connectivity index (χ3n) is 5.69. The van der Waals surface area contributed by atoms with Crippen LogP contribution < -0.4 is 21.7 Å². The fourth-order valence-electron chi connectivity index (χ4n) is 3.65. The van der Waals surface area contributed by atoms with Crippen molar-refractivity contribution < 1.29 is 34.5 Å². The zero-order valence-electron chi connectivity index (χ0n) is 20.5. The largest absolute Gasteiger partial charge is 0.480 e. The third kappa shape index (κ3) is 7.77. The number of aliphatic hydroxyl groups excluding tert-OH is 2. The minimum absolute atomic E-state index is 0.0139. The second-order valence-corrected chi connectivity index (χ2v) is 9.16. The molecule has 0 aliphatic rings. The molecule has 0 saturated carbocycles. The molecule has 12 nitrogen and oxygen atoms in total. The van der Waals surface area contributed by atoms with Gasteiger partial charge in [-0.3, -0.25) is 14.4 Å². The van der Waals surface area contributed by atoms with E-state index in [0.717, 1.165) is 10.9 Å². The lowest BCUT2D eigenvalue weighted by Gasteiger charge is -2.25. The Morgan fingerprint density at radius 1 is 0.944 bits per heavy atom. The Bertz CT molecular complexity index is 1070. The van der Waals surface area contributed by atoms with Gasteiger partial charge >= 0.3 is 5.97 Å². The Hall–Kier alpha value is -3.48. The number of hydrogen-bond acceptors (Lipinski definition) is 7. The molecule has 5 unspecified atom stereocenters. The second kappa shape index (κ2) is 13.0. The lowest BCUT2D eigenvalue weighted by molar-refractivity contribution is -0.142. The molecule has 1 aromatic carbocycles. The minimum atomic E-state index is -1.42. The van der Waals surface area contributed by atoms with Crippen molar-refractivity contribution in [2.24, 2.45) is 11.7 Å². The molecule has 2 rings (SSSR count). The smallest absolute Gasteiger partial charge is 0.326 e. The SMILES string of the molecule is CC(C)CC(NC(=O)C(CO)NC(=O)C(N)C(C)O)C(=O)NC(Cc1c[nH]c2ccccc12)C(=O)O. The Morgan fingerprint density at radius 2 is 1.53 bits per heavy atom. The highest BCUT2D eigenvalue weighted by atomic mass is 16.4. The molecule has 0 bridgehead atoms. The zero-order valence-corrected chi connectivity index (χ0v) is 20.5. The van der Waals surface area contributed by atoms with Gasteiger partial charge in [0.2, 0.25) is 17.7 Å². The summed E-state index contributed by atoms with van der Waals surface area (Å²) in [6.07, 6.45) is 0.694. The van der Waals surface area contributed by atoms with E-state index in [2.05, 4.69) is 20.9 Å². The van der Waals surface area contributed by atoms with Crippen LogP contribution in [0.2, 0.25) is 0 Å². The number of carboxylic acid groups (broad SMARTS) is 1. The summed E-state index contributed by atoms with van der Waals surface area (Å²) in [7, 11) is 0. The van der Waals surface area contributed by atoms with Gasteiger partial charge < -0.3 is 42.0 Å². The molecular formula is C24H35N5O7. The molecule has 1 heterocycles. The number of rotatable bonds is 13. The summed E-state index contributed by atoms with van der Waals surface area (Å²) < 4.78 is 0. The number of amides is 3. The summed E-state index contributed by atoms with van der Waals surface area (Å²) >= 11 is 0. The second-order valence-electron chi connectivity index (χ2n) is 9.16. The number of aromatic nitrogens is 1. The van der Waals surface area contributed by atoms with Crippen LogP contribution >= 0.6 is 0 Å². The number of para-hydroxylation sites is 1. The number of carbonyl (C=O) groups is 4. The summed E-state index contributed by atoms with van der Waals surface area (Å²) in [5.74, 6) is -3.71. The summed E-state index contributed by atoms with van der Waals surface area (Å²) in [6, 6.07) is 2.24. The van der Waals surface area contributed by atoms with Crippen LogP contribution in [0.1, 0.15) is 32.8 Å². The molecule has 12 heteroatoms.